The Bertz CT molecular complexity index is 791. The van der Waals surface area contributed by atoms with Crippen molar-refractivity contribution in [3.8, 4) is 11.1 Å². The van der Waals surface area contributed by atoms with E-state index in [9.17, 15) is 18.4 Å². The number of amides is 2. The van der Waals surface area contributed by atoms with E-state index in [1.54, 1.807) is 36.2 Å². The van der Waals surface area contributed by atoms with Crippen molar-refractivity contribution in [1.82, 2.24) is 4.90 Å². The zero-order valence-electron chi connectivity index (χ0n) is 14.5. The SMILES string of the molecule is CN(C(=O)Nc1ccc(-c2cc(F)cc(F)c2)cc1)C1CCC(=O)CC1. The number of anilines is 1. The van der Waals surface area contributed by atoms with Crippen molar-refractivity contribution in [3.05, 3.63) is 54.1 Å². The fourth-order valence-electron chi connectivity index (χ4n) is 3.16. The molecule has 3 rings (SSSR count). The van der Waals surface area contributed by atoms with Crippen molar-refractivity contribution >= 4 is 17.5 Å². The van der Waals surface area contributed by atoms with E-state index >= 15 is 0 Å². The standard InChI is InChI=1S/C20H20F2N2O2/c1-24(18-6-8-19(25)9-7-18)20(26)23-17-4-2-13(3-5-17)14-10-15(21)12-16(22)11-14/h2-5,10-12,18H,6-9H2,1H3,(H,23,26). The zero-order chi connectivity index (χ0) is 18.7. The molecule has 1 fully saturated rings. The first-order valence-electron chi connectivity index (χ1n) is 8.54. The van der Waals surface area contributed by atoms with Gasteiger partial charge in [0, 0.05) is 37.7 Å². The van der Waals surface area contributed by atoms with Crippen molar-refractivity contribution in [2.75, 3.05) is 12.4 Å². The Hall–Kier alpha value is -2.76. The van der Waals surface area contributed by atoms with Crippen molar-refractivity contribution in [3.63, 3.8) is 0 Å². The van der Waals surface area contributed by atoms with Gasteiger partial charge in [-0.25, -0.2) is 13.6 Å². The Kier molecular flexibility index (Phi) is 5.30. The maximum atomic E-state index is 13.3. The van der Waals surface area contributed by atoms with Gasteiger partial charge >= 0.3 is 6.03 Å². The third-order valence-corrected chi connectivity index (χ3v) is 4.71. The lowest BCUT2D eigenvalue weighted by Crippen LogP contribution is -2.41. The highest BCUT2D eigenvalue weighted by Gasteiger charge is 2.25. The molecule has 2 amide bonds. The van der Waals surface area contributed by atoms with E-state index in [2.05, 4.69) is 5.32 Å². The van der Waals surface area contributed by atoms with Gasteiger partial charge in [0.05, 0.1) is 0 Å². The van der Waals surface area contributed by atoms with E-state index in [1.165, 1.54) is 12.1 Å². The molecule has 0 heterocycles. The van der Waals surface area contributed by atoms with Gasteiger partial charge in [-0.15, -0.1) is 0 Å². The molecule has 1 aliphatic carbocycles. The summed E-state index contributed by atoms with van der Waals surface area (Å²) < 4.78 is 26.7. The second-order valence-electron chi connectivity index (χ2n) is 6.55. The van der Waals surface area contributed by atoms with Gasteiger partial charge in [-0.1, -0.05) is 12.1 Å². The quantitative estimate of drug-likeness (QED) is 0.871. The first-order chi connectivity index (χ1) is 12.4. The molecule has 1 N–H and O–H groups in total. The predicted octanol–water partition coefficient (Wildman–Crippen LogP) is 4.61. The third kappa shape index (κ3) is 4.25. The lowest BCUT2D eigenvalue weighted by Gasteiger charge is -2.30. The fraction of sp³-hybridized carbons (Fsp3) is 0.300. The number of nitrogens with one attached hydrogen (secondary N) is 1. The molecule has 0 radical (unpaired) electrons. The van der Waals surface area contributed by atoms with E-state index in [0.29, 0.717) is 42.5 Å². The minimum atomic E-state index is -0.634. The Morgan fingerprint density at radius 1 is 1.00 bits per heavy atom. The topological polar surface area (TPSA) is 49.4 Å². The monoisotopic (exact) mass is 358 g/mol. The van der Waals surface area contributed by atoms with Gasteiger partial charge in [0.2, 0.25) is 0 Å². The lowest BCUT2D eigenvalue weighted by molar-refractivity contribution is -0.121. The summed E-state index contributed by atoms with van der Waals surface area (Å²) in [5.41, 5.74) is 1.68. The van der Waals surface area contributed by atoms with Crippen LogP contribution in [0.15, 0.2) is 42.5 Å². The van der Waals surface area contributed by atoms with Crippen LogP contribution in [0.25, 0.3) is 11.1 Å². The van der Waals surface area contributed by atoms with Crippen LogP contribution in [0.5, 0.6) is 0 Å². The van der Waals surface area contributed by atoms with Crippen LogP contribution in [0.3, 0.4) is 0 Å². The molecule has 6 heteroatoms. The van der Waals surface area contributed by atoms with Gasteiger partial charge in [0.15, 0.2) is 0 Å². The molecule has 0 aromatic heterocycles. The molecule has 2 aromatic rings. The Morgan fingerprint density at radius 2 is 1.58 bits per heavy atom. The van der Waals surface area contributed by atoms with E-state index in [4.69, 9.17) is 0 Å². The maximum Gasteiger partial charge on any atom is 0.321 e. The molecule has 1 aliphatic rings. The average molecular weight is 358 g/mol. The molecule has 4 nitrogen and oxygen atoms in total. The summed E-state index contributed by atoms with van der Waals surface area (Å²) in [5, 5.41) is 2.81. The number of benzene rings is 2. The van der Waals surface area contributed by atoms with Gasteiger partial charge in [0.25, 0.3) is 0 Å². The summed E-state index contributed by atoms with van der Waals surface area (Å²) in [5.74, 6) is -1.02. The van der Waals surface area contributed by atoms with Crippen LogP contribution in [-0.4, -0.2) is 29.8 Å². The highest BCUT2D eigenvalue weighted by atomic mass is 19.1. The molecule has 2 aromatic carbocycles. The van der Waals surface area contributed by atoms with Gasteiger partial charge in [0.1, 0.15) is 17.4 Å². The Labute approximate surface area is 150 Å². The average Bonchev–Trinajstić information content (AvgIpc) is 2.61. The number of ketones is 1. The largest absolute Gasteiger partial charge is 0.325 e. The summed E-state index contributed by atoms with van der Waals surface area (Å²) in [7, 11) is 1.72. The summed E-state index contributed by atoms with van der Waals surface area (Å²) >= 11 is 0. The van der Waals surface area contributed by atoms with Gasteiger partial charge < -0.3 is 10.2 Å². The van der Waals surface area contributed by atoms with Crippen LogP contribution in [0, 0.1) is 11.6 Å². The number of hydrogen-bond acceptors (Lipinski definition) is 2. The summed E-state index contributed by atoms with van der Waals surface area (Å²) in [6.07, 6.45) is 2.40. The van der Waals surface area contributed by atoms with E-state index in [-0.39, 0.29) is 17.9 Å². The van der Waals surface area contributed by atoms with E-state index in [0.717, 1.165) is 6.07 Å². The molecular weight excluding hydrogens is 338 g/mol. The maximum absolute atomic E-state index is 13.3. The van der Waals surface area contributed by atoms with E-state index in [1.807, 2.05) is 0 Å². The normalized spacial score (nSPS) is 15.0. The smallest absolute Gasteiger partial charge is 0.321 e. The van der Waals surface area contributed by atoms with Crippen LogP contribution in [0.4, 0.5) is 19.3 Å². The number of rotatable bonds is 3. The van der Waals surface area contributed by atoms with Gasteiger partial charge in [-0.05, 0) is 48.2 Å². The first kappa shape index (κ1) is 18.0. The Balaban J connectivity index is 1.65. The van der Waals surface area contributed by atoms with Crippen LogP contribution < -0.4 is 5.32 Å². The molecule has 0 saturated heterocycles. The Morgan fingerprint density at radius 3 is 2.15 bits per heavy atom. The summed E-state index contributed by atoms with van der Waals surface area (Å²) in [6, 6.07) is 9.93. The predicted molar refractivity (Wildman–Crippen MR) is 95.8 cm³/mol. The molecule has 0 unspecified atom stereocenters. The minimum absolute atomic E-state index is 0.0576. The van der Waals surface area contributed by atoms with Crippen LogP contribution >= 0.6 is 0 Å². The third-order valence-electron chi connectivity index (χ3n) is 4.71. The number of carbonyl (C=O) groups excluding carboxylic acids is 2. The molecule has 136 valence electrons. The van der Waals surface area contributed by atoms with Crippen molar-refractivity contribution in [2.45, 2.75) is 31.7 Å². The zero-order valence-corrected chi connectivity index (χ0v) is 14.5. The fourth-order valence-corrected chi connectivity index (χ4v) is 3.16. The molecule has 0 bridgehead atoms. The van der Waals surface area contributed by atoms with Crippen molar-refractivity contribution in [1.29, 1.82) is 0 Å². The molecule has 26 heavy (non-hydrogen) atoms. The van der Waals surface area contributed by atoms with Crippen LogP contribution in [0.1, 0.15) is 25.7 Å². The summed E-state index contributed by atoms with van der Waals surface area (Å²) in [4.78, 5) is 25.3. The second kappa shape index (κ2) is 7.64. The molecule has 0 atom stereocenters. The number of nitrogens with zero attached hydrogens (tertiary/aromatic N) is 1. The second-order valence-corrected chi connectivity index (χ2v) is 6.55. The number of carbonyl (C=O) groups is 2. The van der Waals surface area contributed by atoms with E-state index < -0.39 is 11.6 Å². The molecule has 0 aliphatic heterocycles. The molecule has 1 saturated carbocycles. The lowest BCUT2D eigenvalue weighted by atomic mass is 9.93. The van der Waals surface area contributed by atoms with Gasteiger partial charge in [-0.3, -0.25) is 4.79 Å². The molecule has 0 spiro atoms. The molecular formula is C20H20F2N2O2. The van der Waals surface area contributed by atoms with Crippen LogP contribution in [0.2, 0.25) is 0 Å². The highest BCUT2D eigenvalue weighted by molar-refractivity contribution is 5.90. The number of urea groups is 1. The first-order valence-corrected chi connectivity index (χ1v) is 8.54. The summed E-state index contributed by atoms with van der Waals surface area (Å²) in [6.45, 7) is 0. The van der Waals surface area contributed by atoms with Gasteiger partial charge in [-0.2, -0.15) is 0 Å². The number of Topliss-reactive ketones (excluding diaryl/α,β-unsaturated/α-hetero) is 1. The number of hydrogen-bond donors (Lipinski definition) is 1. The van der Waals surface area contributed by atoms with Crippen LogP contribution in [-0.2, 0) is 4.79 Å². The minimum Gasteiger partial charge on any atom is -0.325 e. The number of halogens is 2. The highest BCUT2D eigenvalue weighted by Crippen LogP contribution is 2.24. The van der Waals surface area contributed by atoms with Crippen molar-refractivity contribution in [2.24, 2.45) is 0 Å². The van der Waals surface area contributed by atoms with Crippen molar-refractivity contribution < 1.29 is 18.4 Å².